The third kappa shape index (κ3) is 3.67. The summed E-state index contributed by atoms with van der Waals surface area (Å²) < 4.78 is 4.56. The lowest BCUT2D eigenvalue weighted by Crippen LogP contribution is -2.19. The molecule has 1 rings (SSSR count). The van der Waals surface area contributed by atoms with Crippen LogP contribution in [0, 0.1) is 0 Å². The number of esters is 1. The molecule has 1 heterocycles. The summed E-state index contributed by atoms with van der Waals surface area (Å²) in [6.45, 7) is 0.899. The lowest BCUT2D eigenvalue weighted by molar-refractivity contribution is -0.139. The Bertz CT molecular complexity index is 439. The monoisotopic (exact) mass is 236 g/mol. The van der Waals surface area contributed by atoms with Gasteiger partial charge in [-0.2, -0.15) is 0 Å². The Morgan fingerprint density at radius 1 is 1.35 bits per heavy atom. The Morgan fingerprint density at radius 2 is 2.06 bits per heavy atom. The molecule has 17 heavy (non-hydrogen) atoms. The second-order valence-electron chi connectivity index (χ2n) is 3.21. The Labute approximate surface area is 98.0 Å². The predicted molar refractivity (Wildman–Crippen MR) is 58.6 cm³/mol. The summed E-state index contributed by atoms with van der Waals surface area (Å²) in [5.41, 5.74) is 0.510. The number of rotatable bonds is 4. The van der Waals surface area contributed by atoms with Gasteiger partial charge in [0.2, 0.25) is 5.78 Å². The van der Waals surface area contributed by atoms with E-state index in [9.17, 15) is 14.4 Å². The molecule has 0 aliphatic rings. The van der Waals surface area contributed by atoms with Gasteiger partial charge in [0, 0.05) is 25.7 Å². The molecule has 0 atom stereocenters. The second-order valence-corrected chi connectivity index (χ2v) is 3.21. The van der Waals surface area contributed by atoms with Crippen molar-refractivity contribution < 1.29 is 19.1 Å². The van der Waals surface area contributed by atoms with Crippen molar-refractivity contribution in [1.29, 1.82) is 0 Å². The van der Waals surface area contributed by atoms with Crippen molar-refractivity contribution in [2.75, 3.05) is 13.7 Å². The maximum atomic E-state index is 11.5. The van der Waals surface area contributed by atoms with E-state index >= 15 is 0 Å². The maximum absolute atomic E-state index is 11.5. The molecule has 0 saturated carbocycles. The highest BCUT2D eigenvalue weighted by molar-refractivity contribution is 5.98. The largest absolute Gasteiger partial charge is 0.457 e. The highest BCUT2D eigenvalue weighted by atomic mass is 16.5. The number of hydrogen-bond acceptors (Lipinski definition) is 5. The molecule has 1 aromatic heterocycles. The first kappa shape index (κ1) is 12.8. The summed E-state index contributed by atoms with van der Waals surface area (Å²) in [4.78, 5) is 37.0. The van der Waals surface area contributed by atoms with Crippen LogP contribution in [-0.2, 0) is 9.53 Å². The molecule has 1 amide bonds. The first-order valence-corrected chi connectivity index (χ1v) is 4.89. The minimum atomic E-state index is -0.520. The van der Waals surface area contributed by atoms with Gasteiger partial charge in [-0.25, -0.2) is 0 Å². The van der Waals surface area contributed by atoms with E-state index in [-0.39, 0.29) is 24.0 Å². The highest BCUT2D eigenvalue weighted by Gasteiger charge is 2.10. The Morgan fingerprint density at radius 3 is 2.53 bits per heavy atom. The van der Waals surface area contributed by atoms with Crippen LogP contribution in [0.4, 0.5) is 0 Å². The number of ether oxygens (including phenoxy) is 1. The summed E-state index contributed by atoms with van der Waals surface area (Å²) in [5.74, 6) is -1.21. The molecule has 0 bridgehead atoms. The van der Waals surface area contributed by atoms with Gasteiger partial charge in [-0.3, -0.25) is 19.4 Å². The lowest BCUT2D eigenvalue weighted by Gasteiger charge is -2.02. The minimum Gasteiger partial charge on any atom is -0.457 e. The smallest absolute Gasteiger partial charge is 0.303 e. The number of carbonyl (C=O) groups excluding carboxylic acids is 3. The molecule has 6 heteroatoms. The number of aromatic nitrogens is 1. The van der Waals surface area contributed by atoms with Crippen LogP contribution < -0.4 is 5.32 Å². The molecular weight excluding hydrogens is 224 g/mol. The number of nitrogens with zero attached hydrogens (tertiary/aromatic N) is 1. The standard InChI is InChI=1S/C11H12N2O4/c1-7(14)17-6-10(15)8-3-4-9(13-5-8)11(16)12-2/h3-5H,6H2,1-2H3,(H,12,16). The summed E-state index contributed by atoms with van der Waals surface area (Å²) >= 11 is 0. The van der Waals surface area contributed by atoms with Crippen LogP contribution in [0.1, 0.15) is 27.8 Å². The average Bonchev–Trinajstić information content (AvgIpc) is 2.35. The van der Waals surface area contributed by atoms with Crippen LogP contribution in [0.3, 0.4) is 0 Å². The summed E-state index contributed by atoms with van der Waals surface area (Å²) in [5, 5.41) is 2.41. The van der Waals surface area contributed by atoms with Gasteiger partial charge in [0.25, 0.3) is 5.91 Å². The van der Waals surface area contributed by atoms with Crippen LogP contribution in [-0.4, -0.2) is 36.3 Å². The van der Waals surface area contributed by atoms with Crippen LogP contribution in [0.25, 0.3) is 0 Å². The van der Waals surface area contributed by atoms with E-state index in [1.165, 1.54) is 32.3 Å². The average molecular weight is 236 g/mol. The number of Topliss-reactive ketones (excluding diaryl/α,β-unsaturated/α-hetero) is 1. The molecule has 0 radical (unpaired) electrons. The summed E-state index contributed by atoms with van der Waals surface area (Å²) in [6.07, 6.45) is 1.27. The van der Waals surface area contributed by atoms with Crippen molar-refractivity contribution in [2.24, 2.45) is 0 Å². The third-order valence-electron chi connectivity index (χ3n) is 1.95. The minimum absolute atomic E-state index is 0.219. The van der Waals surface area contributed by atoms with Gasteiger partial charge in [0.1, 0.15) is 5.69 Å². The second kappa shape index (κ2) is 5.74. The van der Waals surface area contributed by atoms with Crippen LogP contribution in [0.5, 0.6) is 0 Å². The normalized spacial score (nSPS) is 9.53. The fraction of sp³-hybridized carbons (Fsp3) is 0.273. The van der Waals surface area contributed by atoms with Crippen LogP contribution in [0.15, 0.2) is 18.3 Å². The molecule has 0 saturated heterocycles. The molecule has 1 N–H and O–H groups in total. The van der Waals surface area contributed by atoms with E-state index in [2.05, 4.69) is 15.0 Å². The van der Waals surface area contributed by atoms with Crippen molar-refractivity contribution >= 4 is 17.7 Å². The number of carbonyl (C=O) groups is 3. The van der Waals surface area contributed by atoms with Crippen molar-refractivity contribution in [3.05, 3.63) is 29.6 Å². The van der Waals surface area contributed by atoms with Crippen LogP contribution >= 0.6 is 0 Å². The first-order valence-electron chi connectivity index (χ1n) is 4.89. The van der Waals surface area contributed by atoms with Crippen molar-refractivity contribution in [3.8, 4) is 0 Å². The molecule has 6 nitrogen and oxygen atoms in total. The van der Waals surface area contributed by atoms with E-state index in [0.29, 0.717) is 5.56 Å². The topological polar surface area (TPSA) is 85.4 Å². The van der Waals surface area contributed by atoms with E-state index < -0.39 is 5.97 Å². The zero-order valence-electron chi connectivity index (χ0n) is 9.52. The fourth-order valence-corrected chi connectivity index (χ4v) is 1.07. The third-order valence-corrected chi connectivity index (χ3v) is 1.95. The number of ketones is 1. The van der Waals surface area contributed by atoms with E-state index in [1.54, 1.807) is 0 Å². The molecule has 0 spiro atoms. The van der Waals surface area contributed by atoms with E-state index in [1.807, 2.05) is 0 Å². The molecule has 1 aromatic rings. The molecular formula is C11H12N2O4. The molecule has 0 aliphatic carbocycles. The number of nitrogens with one attached hydrogen (secondary N) is 1. The van der Waals surface area contributed by atoms with Gasteiger partial charge in [0.05, 0.1) is 0 Å². The molecule has 0 aliphatic heterocycles. The Balaban J connectivity index is 2.70. The summed E-state index contributed by atoms with van der Waals surface area (Å²) in [7, 11) is 1.49. The number of pyridine rings is 1. The van der Waals surface area contributed by atoms with Crippen molar-refractivity contribution in [3.63, 3.8) is 0 Å². The summed E-state index contributed by atoms with van der Waals surface area (Å²) in [6, 6.07) is 2.89. The molecule has 0 fully saturated rings. The first-order chi connectivity index (χ1) is 8.04. The van der Waals surface area contributed by atoms with Gasteiger partial charge in [-0.15, -0.1) is 0 Å². The van der Waals surface area contributed by atoms with Gasteiger partial charge in [-0.05, 0) is 12.1 Å². The predicted octanol–water partition coefficient (Wildman–Crippen LogP) is 0.187. The number of amides is 1. The SMILES string of the molecule is CNC(=O)c1ccc(C(=O)COC(C)=O)cn1. The zero-order valence-corrected chi connectivity index (χ0v) is 9.52. The van der Waals surface area contributed by atoms with Gasteiger partial charge in [0.15, 0.2) is 6.61 Å². The van der Waals surface area contributed by atoms with E-state index in [4.69, 9.17) is 0 Å². The molecule has 0 aromatic carbocycles. The molecule has 0 unspecified atom stereocenters. The van der Waals surface area contributed by atoms with Gasteiger partial charge < -0.3 is 10.1 Å². The lowest BCUT2D eigenvalue weighted by atomic mass is 10.2. The highest BCUT2D eigenvalue weighted by Crippen LogP contribution is 2.02. The van der Waals surface area contributed by atoms with Crippen molar-refractivity contribution in [2.45, 2.75) is 6.92 Å². The Hall–Kier alpha value is -2.24. The Kier molecular flexibility index (Phi) is 4.33. The van der Waals surface area contributed by atoms with Gasteiger partial charge in [-0.1, -0.05) is 0 Å². The number of hydrogen-bond donors (Lipinski definition) is 1. The zero-order chi connectivity index (χ0) is 12.8. The molecule has 90 valence electrons. The fourth-order valence-electron chi connectivity index (χ4n) is 1.07. The van der Waals surface area contributed by atoms with Crippen LogP contribution in [0.2, 0.25) is 0 Å². The van der Waals surface area contributed by atoms with E-state index in [0.717, 1.165) is 0 Å². The maximum Gasteiger partial charge on any atom is 0.303 e. The van der Waals surface area contributed by atoms with Crippen molar-refractivity contribution in [1.82, 2.24) is 10.3 Å². The quantitative estimate of drug-likeness (QED) is 0.595. The van der Waals surface area contributed by atoms with Gasteiger partial charge >= 0.3 is 5.97 Å².